The lowest BCUT2D eigenvalue weighted by atomic mass is 9.57. The van der Waals surface area contributed by atoms with Crippen LogP contribution in [-0.2, 0) is 14.3 Å². The van der Waals surface area contributed by atoms with Gasteiger partial charge in [0.15, 0.2) is 28.8 Å². The van der Waals surface area contributed by atoms with Gasteiger partial charge >= 0.3 is 0 Å². The van der Waals surface area contributed by atoms with Crippen molar-refractivity contribution in [1.29, 1.82) is 0 Å². The van der Waals surface area contributed by atoms with Crippen LogP contribution in [0.3, 0.4) is 0 Å². The van der Waals surface area contributed by atoms with Crippen LogP contribution >= 0.6 is 11.6 Å². The fourth-order valence-corrected chi connectivity index (χ4v) is 5.09. The van der Waals surface area contributed by atoms with Crippen LogP contribution in [0.15, 0.2) is 41.9 Å². The molecule has 2 heterocycles. The molecule has 1 saturated heterocycles. The smallest absolute Gasteiger partial charge is 0.231 e. The Morgan fingerprint density at radius 3 is 2.73 bits per heavy atom. The predicted octanol–water partition coefficient (Wildman–Crippen LogP) is 3.88. The maximum absolute atomic E-state index is 13.1. The van der Waals surface area contributed by atoms with E-state index in [1.807, 2.05) is 24.3 Å². The maximum atomic E-state index is 13.1. The minimum atomic E-state index is -0.668. The van der Waals surface area contributed by atoms with Crippen LogP contribution in [0, 0.1) is 11.3 Å². The number of carbonyl (C=O) groups excluding carboxylic acids is 1. The van der Waals surface area contributed by atoms with Gasteiger partial charge in [0.1, 0.15) is 0 Å². The van der Waals surface area contributed by atoms with E-state index in [9.17, 15) is 4.79 Å². The van der Waals surface area contributed by atoms with Gasteiger partial charge in [-0.2, -0.15) is 0 Å². The van der Waals surface area contributed by atoms with Crippen LogP contribution < -0.4 is 9.47 Å². The van der Waals surface area contributed by atoms with Crippen molar-refractivity contribution in [2.75, 3.05) is 13.6 Å². The van der Waals surface area contributed by atoms with Crippen molar-refractivity contribution >= 4 is 17.4 Å². The van der Waals surface area contributed by atoms with Crippen LogP contribution in [-0.4, -0.2) is 24.7 Å². The van der Waals surface area contributed by atoms with Crippen molar-refractivity contribution in [2.45, 2.75) is 31.1 Å². The van der Waals surface area contributed by atoms with E-state index < -0.39 is 5.41 Å². The Morgan fingerprint density at radius 1 is 1.08 bits per heavy atom. The van der Waals surface area contributed by atoms with Crippen LogP contribution in [0.2, 0.25) is 0 Å². The van der Waals surface area contributed by atoms with Gasteiger partial charge in [-0.1, -0.05) is 13.0 Å². The molecule has 0 bridgehead atoms. The summed E-state index contributed by atoms with van der Waals surface area (Å²) in [4.78, 5) is 13.1. The van der Waals surface area contributed by atoms with Gasteiger partial charge in [0.25, 0.3) is 0 Å². The molecule has 1 aromatic carbocycles. The molecule has 26 heavy (non-hydrogen) atoms. The molecule has 0 N–H and O–H groups in total. The zero-order valence-electron chi connectivity index (χ0n) is 14.4. The summed E-state index contributed by atoms with van der Waals surface area (Å²) in [6, 6.07) is 6.00. The Balaban J connectivity index is 1.55. The Bertz CT molecular complexity index is 845. The zero-order valence-corrected chi connectivity index (χ0v) is 15.1. The summed E-state index contributed by atoms with van der Waals surface area (Å²) < 4.78 is 21.9. The van der Waals surface area contributed by atoms with Crippen LogP contribution in [0.1, 0.15) is 31.2 Å². The number of ketones is 1. The highest BCUT2D eigenvalue weighted by Gasteiger charge is 2.52. The van der Waals surface area contributed by atoms with Crippen molar-refractivity contribution < 1.29 is 23.7 Å². The standard InChI is InChI=1S/C20H19ClO5/c1-11-14(12-2-3-15-16(4-12)24-9-23-15)5-13(21)7-20(11)8-18-17(6-19(20)22)25-10-26-18/h2-4,6,8,11,13-14H,5,7,9-10H2,1H3. The number of ether oxygens (including phenoxy) is 4. The molecule has 4 atom stereocenters. The molecule has 5 nitrogen and oxygen atoms in total. The van der Waals surface area contributed by atoms with Gasteiger partial charge in [-0.3, -0.25) is 4.79 Å². The number of rotatable bonds is 1. The quantitative estimate of drug-likeness (QED) is 0.698. The van der Waals surface area contributed by atoms with Crippen molar-refractivity contribution in [3.8, 4) is 11.5 Å². The second-order valence-electron chi connectivity index (χ2n) is 7.37. The highest BCUT2D eigenvalue weighted by molar-refractivity contribution is 6.21. The first-order valence-corrected chi connectivity index (χ1v) is 9.29. The number of carbonyl (C=O) groups is 1. The summed E-state index contributed by atoms with van der Waals surface area (Å²) in [6.45, 7) is 2.53. The maximum Gasteiger partial charge on any atom is 0.231 e. The Hall–Kier alpha value is -2.14. The van der Waals surface area contributed by atoms with Gasteiger partial charge in [0, 0.05) is 11.5 Å². The van der Waals surface area contributed by atoms with E-state index in [0.29, 0.717) is 17.9 Å². The third kappa shape index (κ3) is 2.26. The highest BCUT2D eigenvalue weighted by Crippen LogP contribution is 2.55. The summed E-state index contributed by atoms with van der Waals surface area (Å²) >= 11 is 6.64. The molecule has 4 unspecified atom stereocenters. The molecule has 136 valence electrons. The normalized spacial score (nSPS) is 34.7. The third-order valence-electron chi connectivity index (χ3n) is 6.09. The Labute approximate surface area is 156 Å². The molecule has 2 fully saturated rings. The number of halogens is 1. The molecule has 1 spiro atoms. The average Bonchev–Trinajstić information content (AvgIpc) is 3.26. The second kappa shape index (κ2) is 5.68. The lowest BCUT2D eigenvalue weighted by molar-refractivity contribution is -0.126. The number of fused-ring (bicyclic) bond motifs is 2. The number of hydrogen-bond acceptors (Lipinski definition) is 5. The van der Waals surface area contributed by atoms with Gasteiger partial charge in [0.2, 0.25) is 13.6 Å². The van der Waals surface area contributed by atoms with Gasteiger partial charge in [-0.05, 0) is 48.4 Å². The molecular formula is C20H19ClO5. The number of alkyl halides is 1. The van der Waals surface area contributed by atoms with Crippen molar-refractivity contribution in [2.24, 2.45) is 11.3 Å². The minimum absolute atomic E-state index is 0.0466. The molecule has 4 aliphatic rings. The molecule has 0 radical (unpaired) electrons. The fourth-order valence-electron chi connectivity index (χ4n) is 4.64. The number of benzene rings is 1. The lowest BCUT2D eigenvalue weighted by Crippen LogP contribution is -2.45. The predicted molar refractivity (Wildman–Crippen MR) is 94.0 cm³/mol. The molecule has 5 rings (SSSR count). The second-order valence-corrected chi connectivity index (χ2v) is 7.99. The molecule has 2 aliphatic carbocycles. The van der Waals surface area contributed by atoms with Crippen LogP contribution in [0.25, 0.3) is 0 Å². The van der Waals surface area contributed by atoms with E-state index in [1.54, 1.807) is 6.08 Å². The van der Waals surface area contributed by atoms with Gasteiger partial charge in [0.05, 0.1) is 5.41 Å². The summed E-state index contributed by atoms with van der Waals surface area (Å²) in [5.74, 6) is 2.96. The monoisotopic (exact) mass is 374 g/mol. The van der Waals surface area contributed by atoms with Crippen LogP contribution in [0.4, 0.5) is 0 Å². The SMILES string of the molecule is CC1C(c2ccc3c(c2)OCO3)CC(Cl)CC12C=C1OCOC1=CC2=O. The van der Waals surface area contributed by atoms with Gasteiger partial charge < -0.3 is 18.9 Å². The van der Waals surface area contributed by atoms with E-state index in [1.165, 1.54) is 0 Å². The highest BCUT2D eigenvalue weighted by atomic mass is 35.5. The Kier molecular flexibility index (Phi) is 3.51. The molecule has 1 saturated carbocycles. The first-order valence-electron chi connectivity index (χ1n) is 8.85. The molecular weight excluding hydrogens is 356 g/mol. The molecule has 6 heteroatoms. The van der Waals surface area contributed by atoms with Gasteiger partial charge in [-0.25, -0.2) is 0 Å². The first-order chi connectivity index (χ1) is 12.6. The molecule has 2 aliphatic heterocycles. The molecule has 0 amide bonds. The average molecular weight is 375 g/mol. The van der Waals surface area contributed by atoms with E-state index in [-0.39, 0.29) is 36.6 Å². The molecule has 0 aromatic heterocycles. The molecule has 1 aromatic rings. The largest absolute Gasteiger partial charge is 0.454 e. The van der Waals surface area contributed by atoms with E-state index in [0.717, 1.165) is 23.5 Å². The topological polar surface area (TPSA) is 54.0 Å². The summed E-state index contributed by atoms with van der Waals surface area (Å²) in [7, 11) is 0. The summed E-state index contributed by atoms with van der Waals surface area (Å²) in [6.07, 6.45) is 4.93. The minimum Gasteiger partial charge on any atom is -0.454 e. The number of allylic oxidation sites excluding steroid dienone is 2. The summed E-state index contributed by atoms with van der Waals surface area (Å²) in [5, 5.41) is -0.0975. The first kappa shape index (κ1) is 16.1. The van der Waals surface area contributed by atoms with Crippen molar-refractivity contribution in [3.05, 3.63) is 47.4 Å². The fraction of sp³-hybridized carbons (Fsp3) is 0.450. The van der Waals surface area contributed by atoms with Gasteiger partial charge in [-0.15, -0.1) is 11.6 Å². The van der Waals surface area contributed by atoms with Crippen molar-refractivity contribution in [3.63, 3.8) is 0 Å². The third-order valence-corrected chi connectivity index (χ3v) is 6.42. The summed E-state index contributed by atoms with van der Waals surface area (Å²) in [5.41, 5.74) is 0.453. The van der Waals surface area contributed by atoms with Crippen molar-refractivity contribution in [1.82, 2.24) is 0 Å². The zero-order chi connectivity index (χ0) is 17.9. The lowest BCUT2D eigenvalue weighted by Gasteiger charge is -2.46. The van der Waals surface area contributed by atoms with E-state index in [4.69, 9.17) is 30.5 Å². The van der Waals surface area contributed by atoms with E-state index in [2.05, 4.69) is 6.92 Å². The van der Waals surface area contributed by atoms with Crippen LogP contribution in [0.5, 0.6) is 11.5 Å². The van der Waals surface area contributed by atoms with E-state index >= 15 is 0 Å². The Morgan fingerprint density at radius 2 is 1.85 bits per heavy atom. The number of hydrogen-bond donors (Lipinski definition) is 0.